The van der Waals surface area contributed by atoms with Crippen molar-refractivity contribution in [2.45, 2.75) is 5.38 Å². The van der Waals surface area contributed by atoms with E-state index in [1.54, 1.807) is 13.2 Å². The third-order valence-electron chi connectivity index (χ3n) is 2.40. The van der Waals surface area contributed by atoms with Gasteiger partial charge in [-0.15, -0.1) is 22.9 Å². The number of carbonyl (C=O) groups excluding carboxylic acids is 1. The highest BCUT2D eigenvalue weighted by Gasteiger charge is 2.23. The van der Waals surface area contributed by atoms with Gasteiger partial charge in [-0.3, -0.25) is 4.79 Å². The quantitative estimate of drug-likeness (QED) is 0.619. The zero-order chi connectivity index (χ0) is 12.3. The van der Waals surface area contributed by atoms with Crippen LogP contribution in [-0.2, 0) is 0 Å². The molecule has 88 valence electrons. The van der Waals surface area contributed by atoms with Gasteiger partial charge in [-0.25, -0.2) is 0 Å². The summed E-state index contributed by atoms with van der Waals surface area (Å²) in [5.41, 5.74) is 0.801. The van der Waals surface area contributed by atoms with Crippen molar-refractivity contribution in [2.75, 3.05) is 7.11 Å². The van der Waals surface area contributed by atoms with E-state index < -0.39 is 5.38 Å². The van der Waals surface area contributed by atoms with Crippen LogP contribution in [0.1, 0.15) is 20.6 Å². The number of rotatable bonds is 4. The highest BCUT2D eigenvalue weighted by molar-refractivity contribution is 7.12. The summed E-state index contributed by atoms with van der Waals surface area (Å²) in [6.07, 6.45) is 0. The van der Waals surface area contributed by atoms with Crippen LogP contribution in [0.3, 0.4) is 0 Å². The van der Waals surface area contributed by atoms with Crippen LogP contribution in [0.2, 0.25) is 0 Å². The first-order valence-corrected chi connectivity index (χ1v) is 6.40. The molecule has 1 heterocycles. The van der Waals surface area contributed by atoms with Crippen LogP contribution in [0.15, 0.2) is 41.8 Å². The first kappa shape index (κ1) is 12.1. The molecule has 2 nitrogen and oxygen atoms in total. The summed E-state index contributed by atoms with van der Waals surface area (Å²) in [4.78, 5) is 12.8. The normalized spacial score (nSPS) is 12.1. The SMILES string of the molecule is COc1ccsc1C(=O)C(Cl)c1ccccc1. The summed E-state index contributed by atoms with van der Waals surface area (Å²) >= 11 is 7.52. The highest BCUT2D eigenvalue weighted by atomic mass is 35.5. The molecule has 2 rings (SSSR count). The van der Waals surface area contributed by atoms with Gasteiger partial charge in [-0.05, 0) is 17.0 Å². The van der Waals surface area contributed by atoms with Gasteiger partial charge in [0.15, 0.2) is 5.78 Å². The van der Waals surface area contributed by atoms with Gasteiger partial charge < -0.3 is 4.74 Å². The zero-order valence-electron chi connectivity index (χ0n) is 9.22. The van der Waals surface area contributed by atoms with Crippen LogP contribution >= 0.6 is 22.9 Å². The number of methoxy groups -OCH3 is 1. The van der Waals surface area contributed by atoms with Crippen molar-refractivity contribution in [3.8, 4) is 5.75 Å². The van der Waals surface area contributed by atoms with Crippen LogP contribution in [0.5, 0.6) is 5.75 Å². The Morgan fingerprint density at radius 2 is 2.00 bits per heavy atom. The average molecular weight is 267 g/mol. The van der Waals surface area contributed by atoms with E-state index in [9.17, 15) is 4.79 Å². The van der Waals surface area contributed by atoms with Crippen molar-refractivity contribution < 1.29 is 9.53 Å². The van der Waals surface area contributed by atoms with Crippen LogP contribution in [0.25, 0.3) is 0 Å². The van der Waals surface area contributed by atoms with Gasteiger partial charge in [0.25, 0.3) is 0 Å². The summed E-state index contributed by atoms with van der Waals surface area (Å²) in [6, 6.07) is 11.1. The third-order valence-corrected chi connectivity index (χ3v) is 3.76. The molecule has 0 radical (unpaired) electrons. The summed E-state index contributed by atoms with van der Waals surface area (Å²) in [5.74, 6) is 0.464. The maximum Gasteiger partial charge on any atom is 0.198 e. The second-order valence-electron chi connectivity index (χ2n) is 3.46. The molecule has 0 N–H and O–H groups in total. The number of Topliss-reactive ketones (excluding diaryl/α,β-unsaturated/α-hetero) is 1. The molecule has 1 aromatic heterocycles. The lowest BCUT2D eigenvalue weighted by molar-refractivity contribution is 0.0988. The number of hydrogen-bond donors (Lipinski definition) is 0. The lowest BCUT2D eigenvalue weighted by atomic mass is 10.1. The molecule has 0 amide bonds. The van der Waals surface area contributed by atoms with Gasteiger partial charge >= 0.3 is 0 Å². The molecule has 1 atom stereocenters. The van der Waals surface area contributed by atoms with Crippen LogP contribution in [0.4, 0.5) is 0 Å². The summed E-state index contributed by atoms with van der Waals surface area (Å²) in [6.45, 7) is 0. The molecule has 0 aliphatic heterocycles. The Hall–Kier alpha value is -1.32. The Balaban J connectivity index is 2.27. The molecule has 0 aliphatic carbocycles. The van der Waals surface area contributed by atoms with Crippen LogP contribution in [-0.4, -0.2) is 12.9 Å². The van der Waals surface area contributed by atoms with Crippen molar-refractivity contribution >= 4 is 28.7 Å². The van der Waals surface area contributed by atoms with Gasteiger partial charge in [0, 0.05) is 0 Å². The number of hydrogen-bond acceptors (Lipinski definition) is 3. The van der Waals surface area contributed by atoms with E-state index in [2.05, 4.69) is 0 Å². The fourth-order valence-corrected chi connectivity index (χ4v) is 2.67. The summed E-state index contributed by atoms with van der Waals surface area (Å²) in [7, 11) is 1.55. The minimum absolute atomic E-state index is 0.121. The molecule has 0 bridgehead atoms. The Morgan fingerprint density at radius 1 is 1.29 bits per heavy atom. The lowest BCUT2D eigenvalue weighted by Crippen LogP contribution is -2.06. The van der Waals surface area contributed by atoms with Crippen LogP contribution < -0.4 is 4.74 Å². The largest absolute Gasteiger partial charge is 0.495 e. The predicted octanol–water partition coefficient (Wildman–Crippen LogP) is 3.92. The Morgan fingerprint density at radius 3 is 2.65 bits per heavy atom. The topological polar surface area (TPSA) is 26.3 Å². The highest BCUT2D eigenvalue weighted by Crippen LogP contribution is 2.32. The molecule has 0 aliphatic rings. The number of thiophene rings is 1. The van der Waals surface area contributed by atoms with E-state index in [0.717, 1.165) is 5.56 Å². The molecule has 17 heavy (non-hydrogen) atoms. The first-order chi connectivity index (χ1) is 8.24. The second-order valence-corrected chi connectivity index (χ2v) is 4.81. The van der Waals surface area contributed by atoms with Crippen molar-refractivity contribution in [1.29, 1.82) is 0 Å². The number of ketones is 1. The molecule has 0 saturated heterocycles. The van der Waals surface area contributed by atoms with Crippen molar-refractivity contribution in [2.24, 2.45) is 0 Å². The Kier molecular flexibility index (Phi) is 3.82. The number of alkyl halides is 1. The lowest BCUT2D eigenvalue weighted by Gasteiger charge is -2.08. The van der Waals surface area contributed by atoms with Gasteiger partial charge in [0.2, 0.25) is 0 Å². The fourth-order valence-electron chi connectivity index (χ4n) is 1.53. The van der Waals surface area contributed by atoms with Crippen LogP contribution in [0, 0.1) is 0 Å². The third kappa shape index (κ3) is 2.51. The smallest absolute Gasteiger partial charge is 0.198 e. The second kappa shape index (κ2) is 5.34. The van der Waals surface area contributed by atoms with E-state index in [-0.39, 0.29) is 5.78 Å². The minimum Gasteiger partial charge on any atom is -0.495 e. The zero-order valence-corrected chi connectivity index (χ0v) is 10.8. The molecule has 1 aromatic carbocycles. The number of ether oxygens (including phenoxy) is 1. The van der Waals surface area contributed by atoms with Gasteiger partial charge in [0.1, 0.15) is 16.0 Å². The Labute approximate surface area is 109 Å². The van der Waals surface area contributed by atoms with Crippen molar-refractivity contribution in [3.63, 3.8) is 0 Å². The minimum atomic E-state index is -0.663. The molecule has 4 heteroatoms. The molecular formula is C13H11ClO2S. The van der Waals surface area contributed by atoms with Gasteiger partial charge in [-0.1, -0.05) is 30.3 Å². The monoisotopic (exact) mass is 266 g/mol. The fraction of sp³-hybridized carbons (Fsp3) is 0.154. The number of carbonyl (C=O) groups is 1. The predicted molar refractivity (Wildman–Crippen MR) is 70.2 cm³/mol. The van der Waals surface area contributed by atoms with Crippen molar-refractivity contribution in [1.82, 2.24) is 0 Å². The van der Waals surface area contributed by atoms with Gasteiger partial charge in [0.05, 0.1) is 7.11 Å². The van der Waals surface area contributed by atoms with Crippen molar-refractivity contribution in [3.05, 3.63) is 52.2 Å². The maximum atomic E-state index is 12.2. The standard InChI is InChI=1S/C13H11ClO2S/c1-16-10-7-8-17-13(10)12(15)11(14)9-5-3-2-4-6-9/h2-8,11H,1H3. The van der Waals surface area contributed by atoms with E-state index >= 15 is 0 Å². The van der Waals surface area contributed by atoms with E-state index in [0.29, 0.717) is 10.6 Å². The molecule has 2 aromatic rings. The molecule has 0 spiro atoms. The maximum absolute atomic E-state index is 12.2. The number of halogens is 1. The summed E-state index contributed by atoms with van der Waals surface area (Å²) in [5, 5.41) is 1.16. The molecule has 0 fully saturated rings. The molecule has 0 saturated carbocycles. The first-order valence-electron chi connectivity index (χ1n) is 5.08. The number of benzene rings is 1. The van der Waals surface area contributed by atoms with E-state index in [1.165, 1.54) is 11.3 Å². The Bertz CT molecular complexity index is 507. The van der Waals surface area contributed by atoms with E-state index in [1.807, 2.05) is 35.7 Å². The average Bonchev–Trinajstić information content (AvgIpc) is 2.86. The molecular weight excluding hydrogens is 256 g/mol. The summed E-state index contributed by atoms with van der Waals surface area (Å²) < 4.78 is 5.12. The molecule has 1 unspecified atom stereocenters. The van der Waals surface area contributed by atoms with E-state index in [4.69, 9.17) is 16.3 Å². The van der Waals surface area contributed by atoms with Gasteiger partial charge in [-0.2, -0.15) is 0 Å².